The summed E-state index contributed by atoms with van der Waals surface area (Å²) in [5, 5.41) is 0. The maximum atomic E-state index is 11.9. The van der Waals surface area contributed by atoms with E-state index in [-0.39, 0.29) is 17.2 Å². The number of aromatic nitrogens is 1. The fraction of sp³-hybridized carbons (Fsp3) is 0.444. The van der Waals surface area contributed by atoms with Crippen LogP contribution in [0.15, 0.2) is 27.8 Å². The number of nitrogens with one attached hydrogen (secondary N) is 1. The summed E-state index contributed by atoms with van der Waals surface area (Å²) >= 11 is 3.12. The van der Waals surface area contributed by atoms with Gasteiger partial charge in [-0.25, -0.2) is 25.9 Å². The Balaban J connectivity index is 2.73. The summed E-state index contributed by atoms with van der Waals surface area (Å²) in [6.45, 7) is -0.199. The summed E-state index contributed by atoms with van der Waals surface area (Å²) in [6.07, 6.45) is 2.64. The maximum Gasteiger partial charge on any atom is 0.242 e. The van der Waals surface area contributed by atoms with Crippen molar-refractivity contribution >= 4 is 36.0 Å². The molecule has 1 heterocycles. The van der Waals surface area contributed by atoms with Crippen LogP contribution in [0.1, 0.15) is 0 Å². The van der Waals surface area contributed by atoms with E-state index in [0.717, 1.165) is 4.31 Å². The smallest absolute Gasteiger partial charge is 0.242 e. The Bertz CT molecular complexity index is 643. The topological polar surface area (TPSA) is 96.4 Å². The third-order valence-electron chi connectivity index (χ3n) is 2.20. The Morgan fingerprint density at radius 1 is 1.26 bits per heavy atom. The van der Waals surface area contributed by atoms with Gasteiger partial charge in [-0.1, -0.05) is 0 Å². The Morgan fingerprint density at radius 3 is 2.42 bits per heavy atom. The number of rotatable bonds is 6. The molecule has 0 radical (unpaired) electrons. The van der Waals surface area contributed by atoms with Crippen LogP contribution in [0, 0.1) is 0 Å². The number of halogens is 1. The van der Waals surface area contributed by atoms with Crippen LogP contribution >= 0.6 is 15.9 Å². The SMILES string of the molecule is CN(C)S(=O)(=O)CCNS(=O)(=O)c1cncc(Br)c1. The third kappa shape index (κ3) is 4.80. The molecule has 0 amide bonds. The molecular formula is C9H14BrN3O4S2. The molecule has 1 aromatic heterocycles. The molecule has 10 heteroatoms. The van der Waals surface area contributed by atoms with E-state index < -0.39 is 20.0 Å². The molecule has 0 aliphatic rings. The highest BCUT2D eigenvalue weighted by Gasteiger charge is 2.18. The molecule has 1 aromatic rings. The summed E-state index contributed by atoms with van der Waals surface area (Å²) in [5.74, 6) is -0.305. The Kier molecular flexibility index (Phi) is 5.44. The zero-order chi connectivity index (χ0) is 14.7. The Morgan fingerprint density at radius 2 is 1.89 bits per heavy atom. The minimum Gasteiger partial charge on any atom is -0.262 e. The summed E-state index contributed by atoms with van der Waals surface area (Å²) < 4.78 is 50.5. The van der Waals surface area contributed by atoms with Gasteiger partial charge in [0.1, 0.15) is 4.90 Å². The van der Waals surface area contributed by atoms with Crippen molar-refractivity contribution in [1.29, 1.82) is 0 Å². The largest absolute Gasteiger partial charge is 0.262 e. The molecule has 0 aliphatic carbocycles. The molecule has 0 aromatic carbocycles. The van der Waals surface area contributed by atoms with Crippen LogP contribution < -0.4 is 4.72 Å². The highest BCUT2D eigenvalue weighted by molar-refractivity contribution is 9.10. The van der Waals surface area contributed by atoms with Crippen LogP contribution in [0.4, 0.5) is 0 Å². The van der Waals surface area contributed by atoms with E-state index in [9.17, 15) is 16.8 Å². The van der Waals surface area contributed by atoms with Crippen LogP contribution in [0.3, 0.4) is 0 Å². The molecule has 0 atom stereocenters. The van der Waals surface area contributed by atoms with E-state index >= 15 is 0 Å². The Hall–Kier alpha value is -0.550. The molecule has 7 nitrogen and oxygen atoms in total. The molecule has 19 heavy (non-hydrogen) atoms. The van der Waals surface area contributed by atoms with Gasteiger partial charge in [0, 0.05) is 37.5 Å². The molecule has 1 rings (SSSR count). The molecule has 0 aliphatic heterocycles. The number of nitrogens with zero attached hydrogens (tertiary/aromatic N) is 2. The maximum absolute atomic E-state index is 11.9. The van der Waals surface area contributed by atoms with Crippen molar-refractivity contribution < 1.29 is 16.8 Å². The highest BCUT2D eigenvalue weighted by atomic mass is 79.9. The molecule has 0 bridgehead atoms. The predicted octanol–water partition coefficient (Wildman–Crippen LogP) is 0.0138. The number of sulfonamides is 2. The third-order valence-corrected chi connectivity index (χ3v) is 5.89. The lowest BCUT2D eigenvalue weighted by Gasteiger charge is -2.11. The highest BCUT2D eigenvalue weighted by Crippen LogP contribution is 2.13. The van der Waals surface area contributed by atoms with Gasteiger partial charge >= 0.3 is 0 Å². The normalized spacial score (nSPS) is 12.8. The zero-order valence-corrected chi connectivity index (χ0v) is 13.6. The minimum atomic E-state index is -3.76. The van der Waals surface area contributed by atoms with E-state index in [4.69, 9.17) is 0 Å². The lowest BCUT2D eigenvalue weighted by atomic mass is 10.5. The van der Waals surface area contributed by atoms with Gasteiger partial charge in [-0.3, -0.25) is 4.98 Å². The van der Waals surface area contributed by atoms with Crippen molar-refractivity contribution in [3.8, 4) is 0 Å². The molecule has 0 saturated heterocycles. The number of hydrogen-bond donors (Lipinski definition) is 1. The minimum absolute atomic E-state index is 0.0240. The molecular weight excluding hydrogens is 358 g/mol. The second-order valence-corrected chi connectivity index (χ2v) is 8.82. The quantitative estimate of drug-likeness (QED) is 0.759. The molecule has 1 N–H and O–H groups in total. The van der Waals surface area contributed by atoms with Crippen molar-refractivity contribution in [3.63, 3.8) is 0 Å². The van der Waals surface area contributed by atoms with Crippen molar-refractivity contribution in [2.75, 3.05) is 26.4 Å². The lowest BCUT2D eigenvalue weighted by Crippen LogP contribution is -2.33. The van der Waals surface area contributed by atoms with E-state index in [1.165, 1.54) is 32.6 Å². The summed E-state index contributed by atoms with van der Waals surface area (Å²) in [6, 6.07) is 1.38. The van der Waals surface area contributed by atoms with Gasteiger partial charge in [0.2, 0.25) is 20.0 Å². The van der Waals surface area contributed by atoms with Gasteiger partial charge in [0.25, 0.3) is 0 Å². The van der Waals surface area contributed by atoms with E-state index in [0.29, 0.717) is 4.47 Å². The lowest BCUT2D eigenvalue weighted by molar-refractivity contribution is 0.519. The summed E-state index contributed by atoms with van der Waals surface area (Å²) in [7, 11) is -4.40. The van der Waals surface area contributed by atoms with Gasteiger partial charge in [-0.2, -0.15) is 0 Å². The predicted molar refractivity (Wildman–Crippen MR) is 74.6 cm³/mol. The van der Waals surface area contributed by atoms with Gasteiger partial charge in [0.05, 0.1) is 5.75 Å². The first-order valence-corrected chi connectivity index (χ1v) is 9.04. The van der Waals surface area contributed by atoms with Crippen molar-refractivity contribution in [2.24, 2.45) is 0 Å². The summed E-state index contributed by atoms with van der Waals surface area (Å²) in [5.41, 5.74) is 0. The first-order chi connectivity index (χ1) is 8.65. The number of hydrogen-bond acceptors (Lipinski definition) is 5. The van der Waals surface area contributed by atoms with Crippen LogP contribution in [0.25, 0.3) is 0 Å². The molecule has 0 fully saturated rings. The van der Waals surface area contributed by atoms with Gasteiger partial charge in [-0.05, 0) is 22.0 Å². The van der Waals surface area contributed by atoms with E-state index in [2.05, 4.69) is 25.6 Å². The van der Waals surface area contributed by atoms with Crippen LogP contribution in [-0.2, 0) is 20.0 Å². The molecule has 0 unspecified atom stereocenters. The van der Waals surface area contributed by atoms with Gasteiger partial charge < -0.3 is 0 Å². The Labute approximate surface area is 121 Å². The van der Waals surface area contributed by atoms with Crippen molar-refractivity contribution in [3.05, 3.63) is 22.9 Å². The average molecular weight is 372 g/mol. The first-order valence-electron chi connectivity index (χ1n) is 5.15. The van der Waals surface area contributed by atoms with Gasteiger partial charge in [0.15, 0.2) is 0 Å². The molecule has 0 spiro atoms. The number of pyridine rings is 1. The van der Waals surface area contributed by atoms with Crippen LogP contribution in [-0.4, -0.2) is 52.5 Å². The standard InChI is InChI=1S/C9H14BrN3O4S2/c1-13(2)18(14,15)4-3-12-19(16,17)9-5-8(10)6-11-7-9/h5-7,12H,3-4H2,1-2H3. The fourth-order valence-electron chi connectivity index (χ4n) is 1.11. The second-order valence-electron chi connectivity index (χ2n) is 3.84. The van der Waals surface area contributed by atoms with E-state index in [1.807, 2.05) is 0 Å². The second kappa shape index (κ2) is 6.27. The molecule has 0 saturated carbocycles. The molecule has 108 valence electrons. The zero-order valence-electron chi connectivity index (χ0n) is 10.4. The first kappa shape index (κ1) is 16.5. The van der Waals surface area contributed by atoms with E-state index in [1.54, 1.807) is 0 Å². The average Bonchev–Trinajstić information content (AvgIpc) is 2.28. The van der Waals surface area contributed by atoms with Crippen molar-refractivity contribution in [1.82, 2.24) is 14.0 Å². The summed E-state index contributed by atoms with van der Waals surface area (Å²) in [4.78, 5) is 3.72. The fourth-order valence-corrected chi connectivity index (χ4v) is 3.50. The van der Waals surface area contributed by atoms with Gasteiger partial charge in [-0.15, -0.1) is 0 Å². The monoisotopic (exact) mass is 371 g/mol. The van der Waals surface area contributed by atoms with Crippen LogP contribution in [0.2, 0.25) is 0 Å². The van der Waals surface area contributed by atoms with Crippen LogP contribution in [0.5, 0.6) is 0 Å². The van der Waals surface area contributed by atoms with Crippen molar-refractivity contribution in [2.45, 2.75) is 4.90 Å².